The van der Waals surface area contributed by atoms with Gasteiger partial charge in [0.2, 0.25) is 0 Å². The molecule has 140 valence electrons. The van der Waals surface area contributed by atoms with Gasteiger partial charge in [-0.2, -0.15) is 0 Å². The minimum Gasteiger partial charge on any atom is -0.464 e. The fourth-order valence-electron chi connectivity index (χ4n) is 2.06. The Morgan fingerprint density at radius 3 is 2.67 bits per heavy atom. The molecule has 7 nitrogen and oxygen atoms in total. The highest BCUT2D eigenvalue weighted by Gasteiger charge is 2.28. The third-order valence-corrected chi connectivity index (χ3v) is 3.20. The zero-order valence-electron chi connectivity index (χ0n) is 15.4. The summed E-state index contributed by atoms with van der Waals surface area (Å²) in [5, 5.41) is 2.50. The molecule has 0 aromatic carbocycles. The Morgan fingerprint density at radius 2 is 2.04 bits per heavy atom. The van der Waals surface area contributed by atoms with Crippen molar-refractivity contribution in [2.24, 2.45) is 11.8 Å². The molecular formula is C17H31NO6. The quantitative estimate of drug-likeness (QED) is 0.769. The summed E-state index contributed by atoms with van der Waals surface area (Å²) < 4.78 is 21.6. The van der Waals surface area contributed by atoms with E-state index in [1.54, 1.807) is 20.8 Å². The molecule has 1 amide bonds. The molecule has 2 atom stereocenters. The van der Waals surface area contributed by atoms with Crippen LogP contribution in [-0.2, 0) is 23.7 Å². The van der Waals surface area contributed by atoms with E-state index in [1.807, 2.05) is 0 Å². The first-order valence-electron chi connectivity index (χ1n) is 8.49. The van der Waals surface area contributed by atoms with Gasteiger partial charge in [-0.3, -0.25) is 0 Å². The molecular weight excluding hydrogens is 314 g/mol. The van der Waals surface area contributed by atoms with Gasteiger partial charge >= 0.3 is 12.1 Å². The number of rotatable bonds is 5. The SMILES string of the molecule is CC(C)COCC1CCOCC(NC(=O)OC(C)(C)C)C(=O)OC1. The Balaban J connectivity index is 2.47. The van der Waals surface area contributed by atoms with E-state index in [2.05, 4.69) is 19.2 Å². The summed E-state index contributed by atoms with van der Waals surface area (Å²) >= 11 is 0. The number of nitrogens with one attached hydrogen (secondary N) is 1. The number of amides is 1. The van der Waals surface area contributed by atoms with E-state index in [4.69, 9.17) is 18.9 Å². The summed E-state index contributed by atoms with van der Waals surface area (Å²) in [5.74, 6) is 0.0344. The molecule has 1 rings (SSSR count). The van der Waals surface area contributed by atoms with Crippen LogP contribution < -0.4 is 5.32 Å². The largest absolute Gasteiger partial charge is 0.464 e. The lowest BCUT2D eigenvalue weighted by Crippen LogP contribution is -2.46. The highest BCUT2D eigenvalue weighted by Crippen LogP contribution is 2.11. The molecule has 2 unspecified atom stereocenters. The van der Waals surface area contributed by atoms with Crippen LogP contribution in [0.25, 0.3) is 0 Å². The number of carbonyl (C=O) groups is 2. The highest BCUT2D eigenvalue weighted by atomic mass is 16.6. The molecule has 0 aromatic heterocycles. The Bertz CT molecular complexity index is 404. The van der Waals surface area contributed by atoms with Crippen molar-refractivity contribution in [3.8, 4) is 0 Å². The minimum atomic E-state index is -0.866. The Kier molecular flexibility index (Phi) is 8.48. The molecule has 1 N–H and O–H groups in total. The summed E-state index contributed by atoms with van der Waals surface area (Å²) in [4.78, 5) is 23.9. The van der Waals surface area contributed by atoms with E-state index in [0.29, 0.717) is 25.7 Å². The van der Waals surface area contributed by atoms with Crippen LogP contribution in [0.4, 0.5) is 4.79 Å². The Hall–Kier alpha value is -1.34. The molecule has 0 radical (unpaired) electrons. The zero-order valence-corrected chi connectivity index (χ0v) is 15.4. The second kappa shape index (κ2) is 9.84. The lowest BCUT2D eigenvalue weighted by atomic mass is 10.1. The monoisotopic (exact) mass is 345 g/mol. The van der Waals surface area contributed by atoms with Crippen LogP contribution in [-0.4, -0.2) is 56.7 Å². The summed E-state index contributed by atoms with van der Waals surface area (Å²) in [7, 11) is 0. The molecule has 0 saturated carbocycles. The number of alkyl carbamates (subject to hydrolysis) is 1. The van der Waals surface area contributed by atoms with Gasteiger partial charge in [0.1, 0.15) is 5.60 Å². The zero-order chi connectivity index (χ0) is 18.2. The van der Waals surface area contributed by atoms with Crippen LogP contribution in [0.15, 0.2) is 0 Å². The van der Waals surface area contributed by atoms with Crippen LogP contribution in [0.2, 0.25) is 0 Å². The topological polar surface area (TPSA) is 83.1 Å². The predicted octanol–water partition coefficient (Wildman–Crippen LogP) is 2.13. The molecule has 1 saturated heterocycles. The van der Waals surface area contributed by atoms with Gasteiger partial charge in [-0.15, -0.1) is 0 Å². The van der Waals surface area contributed by atoms with Gasteiger partial charge in [0.25, 0.3) is 0 Å². The normalized spacial score (nSPS) is 23.0. The van der Waals surface area contributed by atoms with E-state index >= 15 is 0 Å². The van der Waals surface area contributed by atoms with Crippen molar-refractivity contribution < 1.29 is 28.5 Å². The van der Waals surface area contributed by atoms with E-state index in [9.17, 15) is 9.59 Å². The number of hydrogen-bond acceptors (Lipinski definition) is 6. The maximum absolute atomic E-state index is 12.1. The van der Waals surface area contributed by atoms with Crippen LogP contribution in [0.3, 0.4) is 0 Å². The molecule has 7 heteroatoms. The van der Waals surface area contributed by atoms with Crippen molar-refractivity contribution >= 4 is 12.1 Å². The van der Waals surface area contributed by atoms with Crippen molar-refractivity contribution in [3.63, 3.8) is 0 Å². The first kappa shape index (κ1) is 20.7. The fourth-order valence-corrected chi connectivity index (χ4v) is 2.06. The van der Waals surface area contributed by atoms with Gasteiger partial charge in [0.15, 0.2) is 6.04 Å². The lowest BCUT2D eigenvalue weighted by molar-refractivity contribution is -0.148. The second-order valence-electron chi connectivity index (χ2n) is 7.49. The third kappa shape index (κ3) is 9.08. The van der Waals surface area contributed by atoms with E-state index < -0.39 is 23.7 Å². The maximum Gasteiger partial charge on any atom is 0.408 e. The van der Waals surface area contributed by atoms with Crippen LogP contribution in [0, 0.1) is 11.8 Å². The Morgan fingerprint density at radius 1 is 1.33 bits per heavy atom. The summed E-state index contributed by atoms with van der Waals surface area (Å²) in [6.07, 6.45) is 0.0778. The fraction of sp³-hybridized carbons (Fsp3) is 0.882. The number of esters is 1. The molecule has 0 aliphatic carbocycles. The summed E-state index contributed by atoms with van der Waals surface area (Å²) in [6.45, 7) is 11.4. The molecule has 1 fully saturated rings. The van der Waals surface area contributed by atoms with Gasteiger partial charge in [-0.25, -0.2) is 9.59 Å². The van der Waals surface area contributed by atoms with Crippen molar-refractivity contribution in [1.29, 1.82) is 0 Å². The van der Waals surface area contributed by atoms with E-state index in [0.717, 1.165) is 6.42 Å². The average molecular weight is 345 g/mol. The van der Waals surface area contributed by atoms with Crippen LogP contribution >= 0.6 is 0 Å². The van der Waals surface area contributed by atoms with Gasteiger partial charge in [0, 0.05) is 19.1 Å². The first-order chi connectivity index (χ1) is 11.2. The second-order valence-corrected chi connectivity index (χ2v) is 7.49. The van der Waals surface area contributed by atoms with Crippen molar-refractivity contribution in [1.82, 2.24) is 5.32 Å². The molecule has 1 aliphatic rings. The predicted molar refractivity (Wildman–Crippen MR) is 88.7 cm³/mol. The molecule has 1 aliphatic heterocycles. The van der Waals surface area contributed by atoms with Gasteiger partial charge in [0.05, 0.1) is 19.8 Å². The average Bonchev–Trinajstić information content (AvgIpc) is 2.51. The van der Waals surface area contributed by atoms with Gasteiger partial charge in [-0.05, 0) is 33.1 Å². The molecule has 0 spiro atoms. The third-order valence-electron chi connectivity index (χ3n) is 3.20. The molecule has 0 aromatic rings. The summed E-state index contributed by atoms with van der Waals surface area (Å²) in [5.41, 5.74) is -0.633. The number of carbonyl (C=O) groups excluding carboxylic acids is 2. The number of cyclic esters (lactones) is 1. The number of ether oxygens (including phenoxy) is 4. The molecule has 1 heterocycles. The highest BCUT2D eigenvalue weighted by molar-refractivity contribution is 5.81. The van der Waals surface area contributed by atoms with Gasteiger partial charge < -0.3 is 24.3 Å². The number of hydrogen-bond donors (Lipinski definition) is 1. The minimum absolute atomic E-state index is 0.0671. The Labute approximate surface area is 144 Å². The van der Waals surface area contributed by atoms with Crippen molar-refractivity contribution in [3.05, 3.63) is 0 Å². The van der Waals surface area contributed by atoms with E-state index in [1.165, 1.54) is 0 Å². The van der Waals surface area contributed by atoms with E-state index in [-0.39, 0.29) is 19.1 Å². The summed E-state index contributed by atoms with van der Waals surface area (Å²) in [6, 6.07) is -0.866. The lowest BCUT2D eigenvalue weighted by Gasteiger charge is -2.22. The molecule has 24 heavy (non-hydrogen) atoms. The van der Waals surface area contributed by atoms with Gasteiger partial charge in [-0.1, -0.05) is 13.8 Å². The first-order valence-corrected chi connectivity index (χ1v) is 8.49. The van der Waals surface area contributed by atoms with Crippen LogP contribution in [0.1, 0.15) is 41.0 Å². The van der Waals surface area contributed by atoms with Crippen molar-refractivity contribution in [2.75, 3.05) is 33.0 Å². The standard InChI is InChI=1S/C17H31NO6/c1-12(2)8-22-9-13-6-7-21-11-14(15(19)23-10-13)18-16(20)24-17(3,4)5/h12-14H,6-11H2,1-5H3,(H,18,20). The maximum atomic E-state index is 12.1. The smallest absolute Gasteiger partial charge is 0.408 e. The molecule has 0 bridgehead atoms. The van der Waals surface area contributed by atoms with Crippen LogP contribution in [0.5, 0.6) is 0 Å². The van der Waals surface area contributed by atoms with Crippen molar-refractivity contribution in [2.45, 2.75) is 52.7 Å².